The largest absolute Gasteiger partial charge is 0.481 e. The lowest BCUT2D eigenvalue weighted by molar-refractivity contribution is -0.143. The molecule has 3 unspecified atom stereocenters. The van der Waals surface area contributed by atoms with Crippen LogP contribution in [0.4, 0.5) is 4.79 Å². The van der Waals surface area contributed by atoms with E-state index in [0.29, 0.717) is 19.4 Å². The van der Waals surface area contributed by atoms with Crippen LogP contribution in [-0.4, -0.2) is 42.3 Å². The lowest BCUT2D eigenvalue weighted by Gasteiger charge is -2.18. The van der Waals surface area contributed by atoms with Gasteiger partial charge in [0.25, 0.3) is 0 Å². The van der Waals surface area contributed by atoms with Gasteiger partial charge >= 0.3 is 12.1 Å². The molecule has 0 spiro atoms. The fourth-order valence-electron chi connectivity index (χ4n) is 5.20. The second kappa shape index (κ2) is 10.7. The Labute approximate surface area is 199 Å². The fourth-order valence-corrected chi connectivity index (χ4v) is 5.20. The maximum atomic E-state index is 12.4. The highest BCUT2D eigenvalue weighted by Crippen LogP contribution is 2.44. The minimum atomic E-state index is -0.780. The number of alkyl carbamates (subject to hydrolysis) is 1. The van der Waals surface area contributed by atoms with Crippen molar-refractivity contribution in [3.8, 4) is 11.1 Å². The van der Waals surface area contributed by atoms with Gasteiger partial charge in [0, 0.05) is 24.9 Å². The highest BCUT2D eigenvalue weighted by molar-refractivity contribution is 5.79. The van der Waals surface area contributed by atoms with Crippen LogP contribution in [0.2, 0.25) is 0 Å². The van der Waals surface area contributed by atoms with Gasteiger partial charge in [-0.3, -0.25) is 9.59 Å². The van der Waals surface area contributed by atoms with Gasteiger partial charge in [0.2, 0.25) is 5.91 Å². The van der Waals surface area contributed by atoms with Gasteiger partial charge in [0.15, 0.2) is 0 Å². The molecule has 0 bridgehead atoms. The first-order valence-electron chi connectivity index (χ1n) is 12.0. The topological polar surface area (TPSA) is 105 Å². The van der Waals surface area contributed by atoms with Crippen LogP contribution in [-0.2, 0) is 14.3 Å². The zero-order chi connectivity index (χ0) is 24.1. The van der Waals surface area contributed by atoms with Crippen LogP contribution in [0.5, 0.6) is 0 Å². The number of nitrogens with one attached hydrogen (secondary N) is 2. The number of carbonyl (C=O) groups is 3. The van der Waals surface area contributed by atoms with Crippen molar-refractivity contribution in [1.82, 2.24) is 10.6 Å². The quantitative estimate of drug-likeness (QED) is 0.513. The van der Waals surface area contributed by atoms with E-state index in [1.807, 2.05) is 31.2 Å². The molecule has 4 rings (SSSR count). The number of amides is 2. The van der Waals surface area contributed by atoms with Crippen LogP contribution >= 0.6 is 0 Å². The van der Waals surface area contributed by atoms with Crippen LogP contribution in [0.1, 0.15) is 56.1 Å². The normalized spacial score (nSPS) is 19.7. The number of fused-ring (bicyclic) bond motifs is 3. The summed E-state index contributed by atoms with van der Waals surface area (Å²) in [6, 6.07) is 16.1. The van der Waals surface area contributed by atoms with Gasteiger partial charge in [0.05, 0.1) is 5.92 Å². The van der Waals surface area contributed by atoms with Gasteiger partial charge in [-0.2, -0.15) is 0 Å². The van der Waals surface area contributed by atoms with Crippen molar-refractivity contribution in [1.29, 1.82) is 0 Å². The highest BCUT2D eigenvalue weighted by atomic mass is 16.5. The predicted molar refractivity (Wildman–Crippen MR) is 128 cm³/mol. The summed E-state index contributed by atoms with van der Waals surface area (Å²) in [5.41, 5.74) is 4.68. The molecule has 7 heteroatoms. The predicted octanol–water partition coefficient (Wildman–Crippen LogP) is 4.31. The number of rotatable bonds is 9. The number of carboxylic acids is 1. The molecule has 3 N–H and O–H groups in total. The highest BCUT2D eigenvalue weighted by Gasteiger charge is 2.33. The van der Waals surface area contributed by atoms with Crippen LogP contribution in [0.15, 0.2) is 48.5 Å². The molecule has 34 heavy (non-hydrogen) atoms. The first kappa shape index (κ1) is 23.8. The molecule has 0 saturated heterocycles. The molecule has 180 valence electrons. The van der Waals surface area contributed by atoms with Crippen LogP contribution in [0.25, 0.3) is 11.1 Å². The van der Waals surface area contributed by atoms with Crippen LogP contribution in [0, 0.1) is 11.8 Å². The molecule has 1 saturated carbocycles. The van der Waals surface area contributed by atoms with E-state index in [2.05, 4.69) is 34.9 Å². The Hall–Kier alpha value is -3.35. The van der Waals surface area contributed by atoms with Gasteiger partial charge in [-0.25, -0.2) is 4.79 Å². The zero-order valence-electron chi connectivity index (χ0n) is 19.5. The Balaban J connectivity index is 1.20. The molecule has 0 heterocycles. The molecule has 0 aromatic heterocycles. The summed E-state index contributed by atoms with van der Waals surface area (Å²) in [5.74, 6) is -1.27. The van der Waals surface area contributed by atoms with Crippen molar-refractivity contribution in [3.63, 3.8) is 0 Å². The second-order valence-electron chi connectivity index (χ2n) is 9.35. The summed E-state index contributed by atoms with van der Waals surface area (Å²) in [5, 5.41) is 14.9. The number of hydrogen-bond donors (Lipinski definition) is 3. The lowest BCUT2D eigenvalue weighted by atomic mass is 9.96. The Morgan fingerprint density at radius 1 is 1.03 bits per heavy atom. The molecule has 2 aliphatic carbocycles. The second-order valence-corrected chi connectivity index (χ2v) is 9.35. The van der Waals surface area contributed by atoms with E-state index in [4.69, 9.17) is 4.74 Å². The molecule has 2 aromatic rings. The minimum absolute atomic E-state index is 0.00201. The molecule has 1 fully saturated rings. The van der Waals surface area contributed by atoms with Gasteiger partial charge < -0.3 is 20.5 Å². The summed E-state index contributed by atoms with van der Waals surface area (Å²) < 4.78 is 5.56. The summed E-state index contributed by atoms with van der Waals surface area (Å²) in [6.45, 7) is 2.48. The summed E-state index contributed by atoms with van der Waals surface area (Å²) >= 11 is 0. The van der Waals surface area contributed by atoms with E-state index in [1.165, 1.54) is 11.1 Å². The van der Waals surface area contributed by atoms with E-state index in [9.17, 15) is 19.5 Å². The summed E-state index contributed by atoms with van der Waals surface area (Å²) in [6.07, 6.45) is 2.63. The molecule has 0 radical (unpaired) electrons. The molecule has 2 amide bonds. The smallest absolute Gasteiger partial charge is 0.407 e. The van der Waals surface area contributed by atoms with Gasteiger partial charge in [-0.1, -0.05) is 55.0 Å². The third-order valence-electron chi connectivity index (χ3n) is 7.05. The Morgan fingerprint density at radius 3 is 2.32 bits per heavy atom. The number of ether oxygens (including phenoxy) is 1. The van der Waals surface area contributed by atoms with Gasteiger partial charge in [-0.15, -0.1) is 0 Å². The number of carboxylic acid groups (broad SMARTS) is 1. The monoisotopic (exact) mass is 464 g/mol. The SMILES string of the molecule is CC(CCC(=O)NCC1CCCC1C(=O)O)NC(=O)OCC1c2ccccc2-c2ccccc21. The number of carbonyl (C=O) groups excluding carboxylic acids is 2. The zero-order valence-corrected chi connectivity index (χ0v) is 19.5. The molecule has 3 atom stereocenters. The van der Waals surface area contributed by atoms with Crippen molar-refractivity contribution in [2.45, 2.75) is 51.0 Å². The Morgan fingerprint density at radius 2 is 1.68 bits per heavy atom. The van der Waals surface area contributed by atoms with E-state index in [1.54, 1.807) is 0 Å². The van der Waals surface area contributed by atoms with Crippen molar-refractivity contribution in [2.75, 3.05) is 13.2 Å². The van der Waals surface area contributed by atoms with Crippen molar-refractivity contribution in [3.05, 3.63) is 59.7 Å². The standard InChI is InChI=1S/C27H32N2O5/c1-17(13-14-25(30)28-15-18-7-6-12-19(18)26(31)32)29-27(33)34-16-24-22-10-4-2-8-20(22)21-9-3-5-11-23(21)24/h2-5,8-11,17-19,24H,6-7,12-16H2,1H3,(H,28,30)(H,29,33)(H,31,32). The molecule has 2 aromatic carbocycles. The molecular weight excluding hydrogens is 432 g/mol. The number of benzene rings is 2. The Kier molecular flexibility index (Phi) is 7.50. The molecule has 7 nitrogen and oxygen atoms in total. The lowest BCUT2D eigenvalue weighted by Crippen LogP contribution is -2.36. The van der Waals surface area contributed by atoms with E-state index in [0.717, 1.165) is 24.0 Å². The first-order chi connectivity index (χ1) is 16.4. The van der Waals surface area contributed by atoms with E-state index < -0.39 is 12.1 Å². The van der Waals surface area contributed by atoms with Crippen molar-refractivity contribution >= 4 is 18.0 Å². The number of aliphatic carboxylic acids is 1. The number of hydrogen-bond acceptors (Lipinski definition) is 4. The third-order valence-corrected chi connectivity index (χ3v) is 7.05. The van der Waals surface area contributed by atoms with Crippen LogP contribution in [0.3, 0.4) is 0 Å². The Bertz CT molecular complexity index is 1010. The van der Waals surface area contributed by atoms with Crippen molar-refractivity contribution in [2.24, 2.45) is 11.8 Å². The molecule has 0 aliphatic heterocycles. The maximum Gasteiger partial charge on any atom is 0.407 e. The maximum absolute atomic E-state index is 12.4. The molecular formula is C27H32N2O5. The fraction of sp³-hybridized carbons (Fsp3) is 0.444. The van der Waals surface area contributed by atoms with E-state index in [-0.39, 0.29) is 42.7 Å². The first-order valence-corrected chi connectivity index (χ1v) is 12.0. The molecule has 2 aliphatic rings. The summed E-state index contributed by atoms with van der Waals surface area (Å²) in [7, 11) is 0. The third kappa shape index (κ3) is 5.41. The summed E-state index contributed by atoms with van der Waals surface area (Å²) in [4.78, 5) is 35.9. The van der Waals surface area contributed by atoms with Crippen molar-refractivity contribution < 1.29 is 24.2 Å². The average molecular weight is 465 g/mol. The minimum Gasteiger partial charge on any atom is -0.481 e. The van der Waals surface area contributed by atoms with Crippen LogP contribution < -0.4 is 10.6 Å². The van der Waals surface area contributed by atoms with Gasteiger partial charge in [0.1, 0.15) is 6.61 Å². The average Bonchev–Trinajstić information content (AvgIpc) is 3.43. The van der Waals surface area contributed by atoms with E-state index >= 15 is 0 Å². The van der Waals surface area contributed by atoms with Gasteiger partial charge in [-0.05, 0) is 54.4 Å².